The molecule has 1 N–H and O–H groups in total. The minimum atomic E-state index is -4.61. The lowest BCUT2D eigenvalue weighted by Crippen LogP contribution is -2.38. The SMILES string of the molecule is O=C(CC1CS(=O)(=O)C1)Nc1ccc(Cl)c(C(F)(F)F)c1. The number of sulfone groups is 1. The van der Waals surface area contributed by atoms with Crippen molar-refractivity contribution in [2.24, 2.45) is 5.92 Å². The zero-order valence-electron chi connectivity index (χ0n) is 10.6. The van der Waals surface area contributed by atoms with Gasteiger partial charge in [-0.1, -0.05) is 11.6 Å². The average molecular weight is 342 g/mol. The fraction of sp³-hybridized carbons (Fsp3) is 0.417. The summed E-state index contributed by atoms with van der Waals surface area (Å²) in [6, 6.07) is 3.05. The van der Waals surface area contributed by atoms with Gasteiger partial charge in [0.25, 0.3) is 0 Å². The molecule has 0 atom stereocenters. The van der Waals surface area contributed by atoms with Gasteiger partial charge in [-0.05, 0) is 24.1 Å². The van der Waals surface area contributed by atoms with Gasteiger partial charge in [0.15, 0.2) is 9.84 Å². The summed E-state index contributed by atoms with van der Waals surface area (Å²) < 4.78 is 59.9. The molecule has 1 fully saturated rings. The third kappa shape index (κ3) is 4.10. The van der Waals surface area contributed by atoms with E-state index in [4.69, 9.17) is 11.6 Å². The van der Waals surface area contributed by atoms with E-state index in [0.717, 1.165) is 12.1 Å². The number of anilines is 1. The highest BCUT2D eigenvalue weighted by Crippen LogP contribution is 2.36. The molecule has 2 rings (SSSR count). The lowest BCUT2D eigenvalue weighted by atomic mass is 10.1. The van der Waals surface area contributed by atoms with Crippen LogP contribution in [-0.4, -0.2) is 25.8 Å². The Morgan fingerprint density at radius 1 is 1.33 bits per heavy atom. The van der Waals surface area contributed by atoms with Crippen molar-refractivity contribution in [3.63, 3.8) is 0 Å². The van der Waals surface area contributed by atoms with E-state index in [1.165, 1.54) is 6.07 Å². The Labute approximate surface area is 124 Å². The highest BCUT2D eigenvalue weighted by Gasteiger charge is 2.35. The van der Waals surface area contributed by atoms with Gasteiger partial charge >= 0.3 is 6.18 Å². The van der Waals surface area contributed by atoms with E-state index in [1.54, 1.807) is 0 Å². The number of hydrogen-bond donors (Lipinski definition) is 1. The first-order valence-corrected chi connectivity index (χ1v) is 8.14. The summed E-state index contributed by atoms with van der Waals surface area (Å²) in [4.78, 5) is 11.7. The number of benzene rings is 1. The molecule has 116 valence electrons. The van der Waals surface area contributed by atoms with Crippen molar-refractivity contribution in [3.8, 4) is 0 Å². The van der Waals surface area contributed by atoms with Crippen molar-refractivity contribution in [1.29, 1.82) is 0 Å². The van der Waals surface area contributed by atoms with Gasteiger partial charge < -0.3 is 5.32 Å². The molecule has 9 heteroatoms. The molecular formula is C12H11ClF3NO3S. The summed E-state index contributed by atoms with van der Waals surface area (Å²) in [5, 5.41) is 1.86. The normalized spacial score (nSPS) is 18.1. The topological polar surface area (TPSA) is 63.2 Å². The van der Waals surface area contributed by atoms with Crippen molar-refractivity contribution in [2.45, 2.75) is 12.6 Å². The fourth-order valence-electron chi connectivity index (χ4n) is 2.08. The molecule has 0 radical (unpaired) electrons. The van der Waals surface area contributed by atoms with Crippen LogP contribution in [0.4, 0.5) is 18.9 Å². The van der Waals surface area contributed by atoms with Crippen molar-refractivity contribution >= 4 is 33.0 Å². The van der Waals surface area contributed by atoms with E-state index in [1.807, 2.05) is 0 Å². The summed E-state index contributed by atoms with van der Waals surface area (Å²) in [5.41, 5.74) is -1.06. The van der Waals surface area contributed by atoms with Crippen LogP contribution in [0.2, 0.25) is 5.02 Å². The zero-order valence-corrected chi connectivity index (χ0v) is 12.1. The van der Waals surface area contributed by atoms with E-state index < -0.39 is 32.5 Å². The maximum absolute atomic E-state index is 12.7. The van der Waals surface area contributed by atoms with Gasteiger partial charge in [-0.2, -0.15) is 13.2 Å². The number of hydrogen-bond acceptors (Lipinski definition) is 3. The van der Waals surface area contributed by atoms with E-state index in [9.17, 15) is 26.4 Å². The molecule has 0 unspecified atom stereocenters. The maximum Gasteiger partial charge on any atom is 0.417 e. The molecule has 0 aromatic heterocycles. The average Bonchev–Trinajstić information content (AvgIpc) is 2.27. The third-order valence-electron chi connectivity index (χ3n) is 3.01. The van der Waals surface area contributed by atoms with Crippen LogP contribution in [-0.2, 0) is 20.8 Å². The monoisotopic (exact) mass is 341 g/mol. The molecule has 1 saturated heterocycles. The largest absolute Gasteiger partial charge is 0.417 e. The highest BCUT2D eigenvalue weighted by molar-refractivity contribution is 7.92. The summed E-state index contributed by atoms with van der Waals surface area (Å²) in [6.07, 6.45) is -4.65. The molecule has 1 aliphatic heterocycles. The van der Waals surface area contributed by atoms with Crippen LogP contribution < -0.4 is 5.32 Å². The van der Waals surface area contributed by atoms with Gasteiger partial charge in [0.2, 0.25) is 5.91 Å². The summed E-state index contributed by atoms with van der Waals surface area (Å²) in [5.74, 6) is -0.918. The van der Waals surface area contributed by atoms with Crippen LogP contribution in [0, 0.1) is 5.92 Å². The van der Waals surface area contributed by atoms with E-state index in [2.05, 4.69) is 5.32 Å². The number of carbonyl (C=O) groups excluding carboxylic acids is 1. The molecule has 0 saturated carbocycles. The van der Waals surface area contributed by atoms with Crippen molar-refractivity contribution < 1.29 is 26.4 Å². The summed E-state index contributed by atoms with van der Waals surface area (Å²) in [6.45, 7) is 0. The second-order valence-corrected chi connectivity index (χ2v) is 7.45. The van der Waals surface area contributed by atoms with Crippen LogP contribution in [0.3, 0.4) is 0 Å². The Balaban J connectivity index is 2.01. The highest BCUT2D eigenvalue weighted by atomic mass is 35.5. The van der Waals surface area contributed by atoms with E-state index >= 15 is 0 Å². The Hall–Kier alpha value is -1.28. The van der Waals surface area contributed by atoms with Crippen LogP contribution in [0.15, 0.2) is 18.2 Å². The second-order valence-electron chi connectivity index (χ2n) is 4.89. The van der Waals surface area contributed by atoms with Crippen LogP contribution >= 0.6 is 11.6 Å². The Morgan fingerprint density at radius 2 is 1.95 bits per heavy atom. The quantitative estimate of drug-likeness (QED) is 0.919. The van der Waals surface area contributed by atoms with Gasteiger partial charge in [0, 0.05) is 12.1 Å². The van der Waals surface area contributed by atoms with Crippen molar-refractivity contribution in [1.82, 2.24) is 0 Å². The van der Waals surface area contributed by atoms with Crippen LogP contribution in [0.25, 0.3) is 0 Å². The lowest BCUT2D eigenvalue weighted by Gasteiger charge is -2.24. The molecule has 1 aliphatic rings. The smallest absolute Gasteiger partial charge is 0.326 e. The zero-order chi connectivity index (χ0) is 15.8. The van der Waals surface area contributed by atoms with Gasteiger partial charge in [-0.25, -0.2) is 8.42 Å². The third-order valence-corrected chi connectivity index (χ3v) is 5.30. The molecule has 1 amide bonds. The molecular weight excluding hydrogens is 331 g/mol. The Kier molecular flexibility index (Phi) is 4.21. The number of amides is 1. The van der Waals surface area contributed by atoms with Crippen LogP contribution in [0.1, 0.15) is 12.0 Å². The number of carbonyl (C=O) groups is 1. The molecule has 1 aromatic carbocycles. The predicted octanol–water partition coefficient (Wildman–Crippen LogP) is 2.73. The minimum Gasteiger partial charge on any atom is -0.326 e. The van der Waals surface area contributed by atoms with Crippen LogP contribution in [0.5, 0.6) is 0 Å². The number of halogens is 4. The summed E-state index contributed by atoms with van der Waals surface area (Å²) >= 11 is 5.47. The molecule has 0 bridgehead atoms. The summed E-state index contributed by atoms with van der Waals surface area (Å²) in [7, 11) is -3.03. The lowest BCUT2D eigenvalue weighted by molar-refractivity contribution is -0.137. The molecule has 1 heterocycles. The first kappa shape index (κ1) is 16.1. The molecule has 4 nitrogen and oxygen atoms in total. The van der Waals surface area contributed by atoms with Crippen molar-refractivity contribution in [2.75, 3.05) is 16.8 Å². The van der Waals surface area contributed by atoms with Gasteiger partial charge in [-0.3, -0.25) is 4.79 Å². The Morgan fingerprint density at radius 3 is 2.48 bits per heavy atom. The van der Waals surface area contributed by atoms with Crippen molar-refractivity contribution in [3.05, 3.63) is 28.8 Å². The molecule has 21 heavy (non-hydrogen) atoms. The molecule has 0 spiro atoms. The first-order chi connectivity index (χ1) is 9.57. The fourth-order valence-corrected chi connectivity index (χ4v) is 3.88. The number of rotatable bonds is 3. The van der Waals surface area contributed by atoms with E-state index in [-0.39, 0.29) is 29.5 Å². The van der Waals surface area contributed by atoms with Gasteiger partial charge in [0.05, 0.1) is 22.1 Å². The second kappa shape index (κ2) is 5.49. The molecule has 1 aromatic rings. The number of alkyl halides is 3. The Bertz CT molecular complexity index is 661. The standard InChI is InChI=1S/C12H11ClF3NO3S/c13-10-2-1-8(4-9(10)12(14,15)16)17-11(18)3-7-5-21(19,20)6-7/h1-2,4,7H,3,5-6H2,(H,17,18). The van der Waals surface area contributed by atoms with E-state index in [0.29, 0.717) is 0 Å². The van der Waals surface area contributed by atoms with Gasteiger partial charge in [-0.15, -0.1) is 0 Å². The molecule has 0 aliphatic carbocycles. The first-order valence-electron chi connectivity index (χ1n) is 5.94. The maximum atomic E-state index is 12.7. The van der Waals surface area contributed by atoms with Gasteiger partial charge in [0.1, 0.15) is 0 Å². The predicted molar refractivity (Wildman–Crippen MR) is 71.8 cm³/mol. The number of nitrogens with one attached hydrogen (secondary N) is 1. The minimum absolute atomic E-state index is 0.0288.